The molecule has 3 aromatic rings. The predicted molar refractivity (Wildman–Crippen MR) is 115 cm³/mol. The van der Waals surface area contributed by atoms with Crippen molar-refractivity contribution < 1.29 is 4.74 Å². The number of rotatable bonds is 3. The van der Waals surface area contributed by atoms with Gasteiger partial charge in [0.2, 0.25) is 11.9 Å². The Morgan fingerprint density at radius 1 is 1.03 bits per heavy atom. The van der Waals surface area contributed by atoms with Crippen LogP contribution in [0.15, 0.2) is 41.6 Å². The van der Waals surface area contributed by atoms with Crippen LogP contribution in [0.4, 0.5) is 23.4 Å². The lowest BCUT2D eigenvalue weighted by Gasteiger charge is -2.28. The van der Waals surface area contributed by atoms with Crippen LogP contribution in [0.5, 0.6) is 0 Å². The van der Waals surface area contributed by atoms with Crippen molar-refractivity contribution in [3.8, 4) is 11.3 Å². The fourth-order valence-electron chi connectivity index (χ4n) is 3.76. The Labute approximate surface area is 174 Å². The Hall–Kier alpha value is -2.91. The van der Waals surface area contributed by atoms with Gasteiger partial charge in [-0.25, -0.2) is 15.0 Å². The molecule has 1 fully saturated rings. The predicted octanol–water partition coefficient (Wildman–Crippen LogP) is 2.34. The number of hydrogen-bond donors (Lipinski definition) is 2. The fourth-order valence-corrected chi connectivity index (χ4v) is 3.98. The average molecular weight is 408 g/mol. The van der Waals surface area contributed by atoms with E-state index in [0.29, 0.717) is 19.2 Å². The van der Waals surface area contributed by atoms with Crippen LogP contribution in [-0.4, -0.2) is 52.8 Å². The van der Waals surface area contributed by atoms with E-state index in [2.05, 4.69) is 44.5 Å². The van der Waals surface area contributed by atoms with E-state index < -0.39 is 0 Å². The summed E-state index contributed by atoms with van der Waals surface area (Å²) >= 11 is 4.50. The zero-order valence-electron chi connectivity index (χ0n) is 15.8. The van der Waals surface area contributed by atoms with Crippen molar-refractivity contribution in [1.29, 1.82) is 0 Å². The number of nitrogen functional groups attached to an aromatic ring is 1. The highest BCUT2D eigenvalue weighted by molar-refractivity contribution is 7.80. The first kappa shape index (κ1) is 18.1. The SMILES string of the molecule is Nc1ncc(-c2nc(N3CCOCC3)nc3c2CCN3c2cccc(S)c2)cn1. The molecule has 0 amide bonds. The van der Waals surface area contributed by atoms with Crippen LogP contribution in [0.2, 0.25) is 0 Å². The maximum absolute atomic E-state index is 5.68. The van der Waals surface area contributed by atoms with E-state index in [1.165, 1.54) is 0 Å². The molecule has 4 heterocycles. The third-order valence-electron chi connectivity index (χ3n) is 5.20. The molecule has 148 valence electrons. The van der Waals surface area contributed by atoms with E-state index in [4.69, 9.17) is 20.4 Å². The lowest BCUT2D eigenvalue weighted by atomic mass is 10.1. The van der Waals surface area contributed by atoms with Crippen molar-refractivity contribution >= 4 is 36.0 Å². The lowest BCUT2D eigenvalue weighted by Crippen LogP contribution is -2.37. The van der Waals surface area contributed by atoms with E-state index in [1.54, 1.807) is 12.4 Å². The Balaban J connectivity index is 1.64. The van der Waals surface area contributed by atoms with Gasteiger partial charge in [-0.05, 0) is 24.6 Å². The molecule has 2 aliphatic rings. The number of anilines is 4. The Bertz CT molecular complexity index is 1040. The molecule has 0 bridgehead atoms. The standard InChI is InChI=1S/C20H21N7OS/c21-19-22-11-13(12-23-19)17-16-4-5-27(14-2-1-3-15(29)10-14)18(16)25-20(24-17)26-6-8-28-9-7-26/h1-3,10-12,29H,4-9H2,(H2,21,22,23). The van der Waals surface area contributed by atoms with Gasteiger partial charge in [0.25, 0.3) is 0 Å². The third kappa shape index (κ3) is 3.47. The Kier molecular flexibility index (Phi) is 4.69. The number of aromatic nitrogens is 4. The largest absolute Gasteiger partial charge is 0.378 e. The third-order valence-corrected chi connectivity index (χ3v) is 5.47. The molecule has 0 saturated carbocycles. The average Bonchev–Trinajstić information content (AvgIpc) is 3.18. The highest BCUT2D eigenvalue weighted by Gasteiger charge is 2.29. The summed E-state index contributed by atoms with van der Waals surface area (Å²) in [6.45, 7) is 3.71. The second-order valence-corrected chi connectivity index (χ2v) is 7.54. The van der Waals surface area contributed by atoms with Crippen LogP contribution in [0.25, 0.3) is 11.3 Å². The van der Waals surface area contributed by atoms with Gasteiger partial charge in [-0.1, -0.05) is 6.07 Å². The summed E-state index contributed by atoms with van der Waals surface area (Å²) in [6.07, 6.45) is 4.30. The number of benzene rings is 1. The Morgan fingerprint density at radius 3 is 2.59 bits per heavy atom. The first-order valence-electron chi connectivity index (χ1n) is 9.57. The minimum absolute atomic E-state index is 0.250. The molecular weight excluding hydrogens is 386 g/mol. The number of nitrogens with zero attached hydrogens (tertiary/aromatic N) is 6. The quantitative estimate of drug-likeness (QED) is 0.639. The summed E-state index contributed by atoms with van der Waals surface area (Å²) in [5.74, 6) is 1.88. The van der Waals surface area contributed by atoms with Crippen LogP contribution in [0.1, 0.15) is 5.56 Å². The summed E-state index contributed by atoms with van der Waals surface area (Å²) in [7, 11) is 0. The molecule has 0 aliphatic carbocycles. The molecule has 2 N–H and O–H groups in total. The van der Waals surface area contributed by atoms with Crippen molar-refractivity contribution in [1.82, 2.24) is 19.9 Å². The van der Waals surface area contributed by atoms with Gasteiger partial charge >= 0.3 is 0 Å². The fraction of sp³-hybridized carbons (Fsp3) is 0.300. The zero-order chi connectivity index (χ0) is 19.8. The van der Waals surface area contributed by atoms with Gasteiger partial charge in [0.1, 0.15) is 5.82 Å². The molecule has 2 aromatic heterocycles. The van der Waals surface area contributed by atoms with Crippen molar-refractivity contribution in [2.24, 2.45) is 0 Å². The van der Waals surface area contributed by atoms with E-state index in [-0.39, 0.29) is 5.95 Å². The first-order valence-corrected chi connectivity index (χ1v) is 10.0. The number of ether oxygens (including phenoxy) is 1. The number of morpholine rings is 1. The molecule has 0 radical (unpaired) electrons. The maximum Gasteiger partial charge on any atom is 0.228 e. The van der Waals surface area contributed by atoms with Gasteiger partial charge < -0.3 is 20.3 Å². The van der Waals surface area contributed by atoms with Crippen LogP contribution in [-0.2, 0) is 11.2 Å². The monoisotopic (exact) mass is 407 g/mol. The second-order valence-electron chi connectivity index (χ2n) is 7.03. The number of nitrogens with two attached hydrogens (primary N) is 1. The smallest absolute Gasteiger partial charge is 0.228 e. The molecule has 29 heavy (non-hydrogen) atoms. The lowest BCUT2D eigenvalue weighted by molar-refractivity contribution is 0.122. The van der Waals surface area contributed by atoms with Gasteiger partial charge in [-0.2, -0.15) is 4.98 Å². The molecule has 5 rings (SSSR count). The minimum atomic E-state index is 0.250. The Morgan fingerprint density at radius 2 is 1.83 bits per heavy atom. The summed E-state index contributed by atoms with van der Waals surface area (Å²) in [5, 5.41) is 0. The van der Waals surface area contributed by atoms with Gasteiger partial charge in [-0.15, -0.1) is 12.6 Å². The molecule has 1 aromatic carbocycles. The van der Waals surface area contributed by atoms with Gasteiger partial charge in [0.15, 0.2) is 0 Å². The summed E-state index contributed by atoms with van der Waals surface area (Å²) in [4.78, 5) is 23.5. The van der Waals surface area contributed by atoms with Crippen LogP contribution >= 0.6 is 12.6 Å². The number of hydrogen-bond acceptors (Lipinski definition) is 9. The summed E-state index contributed by atoms with van der Waals surface area (Å²) in [5.41, 5.74) is 9.56. The molecular formula is C20H21N7OS. The zero-order valence-corrected chi connectivity index (χ0v) is 16.7. The van der Waals surface area contributed by atoms with E-state index in [1.807, 2.05) is 12.1 Å². The first-order chi connectivity index (χ1) is 14.2. The van der Waals surface area contributed by atoms with E-state index >= 15 is 0 Å². The van der Waals surface area contributed by atoms with Crippen LogP contribution in [0, 0.1) is 0 Å². The van der Waals surface area contributed by atoms with Crippen molar-refractivity contribution in [2.45, 2.75) is 11.3 Å². The van der Waals surface area contributed by atoms with Crippen molar-refractivity contribution in [3.05, 3.63) is 42.2 Å². The van der Waals surface area contributed by atoms with Gasteiger partial charge in [0.05, 0.1) is 18.9 Å². The molecule has 9 heteroatoms. The highest BCUT2D eigenvalue weighted by Crippen LogP contribution is 2.39. The van der Waals surface area contributed by atoms with Crippen LogP contribution < -0.4 is 15.5 Å². The molecule has 0 unspecified atom stereocenters. The number of thiol groups is 1. The van der Waals surface area contributed by atoms with Gasteiger partial charge in [-0.3, -0.25) is 0 Å². The van der Waals surface area contributed by atoms with Crippen LogP contribution in [0.3, 0.4) is 0 Å². The van der Waals surface area contributed by atoms with Crippen molar-refractivity contribution in [3.63, 3.8) is 0 Å². The van der Waals surface area contributed by atoms with E-state index in [9.17, 15) is 0 Å². The number of fused-ring (bicyclic) bond motifs is 1. The molecule has 1 saturated heterocycles. The molecule has 0 spiro atoms. The normalized spacial score (nSPS) is 16.2. The summed E-state index contributed by atoms with van der Waals surface area (Å²) < 4.78 is 5.50. The minimum Gasteiger partial charge on any atom is -0.378 e. The topological polar surface area (TPSA) is 93.3 Å². The van der Waals surface area contributed by atoms with Crippen molar-refractivity contribution in [2.75, 3.05) is 48.4 Å². The molecule has 2 aliphatic heterocycles. The molecule has 0 atom stereocenters. The second kappa shape index (κ2) is 7.49. The highest BCUT2D eigenvalue weighted by atomic mass is 32.1. The molecule has 8 nitrogen and oxygen atoms in total. The van der Waals surface area contributed by atoms with Gasteiger partial charge in [0, 0.05) is 53.7 Å². The summed E-state index contributed by atoms with van der Waals surface area (Å²) in [6, 6.07) is 8.12. The van der Waals surface area contributed by atoms with E-state index in [0.717, 1.165) is 59.3 Å². The maximum atomic E-state index is 5.68.